The van der Waals surface area contributed by atoms with E-state index in [1.54, 1.807) is 47.0 Å². The molecule has 32 heavy (non-hydrogen) atoms. The van der Waals surface area contributed by atoms with E-state index in [-0.39, 0.29) is 45.3 Å². The standard InChI is InChI=1S/C27H25NO4/c1-26(2)15-11-12-27(26,3)19(14-15)32-25(31)20-18-10-6-7-13-28(18)22-21(20)23(29)16-8-4-5-9-17(16)24(22)30/h4-10,13,15,19H,11-12,14H2,1-3H3/t15-,19-,27-/m1/s1. The smallest absolute Gasteiger partial charge is 0.341 e. The van der Waals surface area contributed by atoms with Gasteiger partial charge in [0.05, 0.1) is 16.6 Å². The summed E-state index contributed by atoms with van der Waals surface area (Å²) in [5, 5.41) is 0. The fourth-order valence-corrected chi connectivity index (χ4v) is 6.50. The van der Waals surface area contributed by atoms with E-state index in [0.717, 1.165) is 19.3 Å². The molecular weight excluding hydrogens is 402 g/mol. The van der Waals surface area contributed by atoms with Crippen molar-refractivity contribution in [3.05, 3.63) is 76.6 Å². The van der Waals surface area contributed by atoms with Crippen molar-refractivity contribution < 1.29 is 19.1 Å². The Morgan fingerprint density at radius 1 is 1.00 bits per heavy atom. The van der Waals surface area contributed by atoms with Gasteiger partial charge >= 0.3 is 5.97 Å². The van der Waals surface area contributed by atoms with Crippen molar-refractivity contribution in [2.45, 2.75) is 46.1 Å². The summed E-state index contributed by atoms with van der Waals surface area (Å²) in [7, 11) is 0. The van der Waals surface area contributed by atoms with Gasteiger partial charge in [0, 0.05) is 22.7 Å². The summed E-state index contributed by atoms with van der Waals surface area (Å²) in [6.07, 6.45) is 4.57. The van der Waals surface area contributed by atoms with Crippen molar-refractivity contribution in [3.63, 3.8) is 0 Å². The molecule has 162 valence electrons. The number of pyridine rings is 1. The van der Waals surface area contributed by atoms with Crippen LogP contribution in [0.3, 0.4) is 0 Å². The maximum Gasteiger partial charge on any atom is 0.341 e. The van der Waals surface area contributed by atoms with E-state index in [1.807, 2.05) is 6.07 Å². The Kier molecular flexibility index (Phi) is 3.76. The van der Waals surface area contributed by atoms with Gasteiger partial charge in [0.15, 0.2) is 5.78 Å². The van der Waals surface area contributed by atoms with Gasteiger partial charge in [-0.2, -0.15) is 0 Å². The summed E-state index contributed by atoms with van der Waals surface area (Å²) in [6.45, 7) is 6.76. The second-order valence-corrected chi connectivity index (χ2v) is 10.3. The third kappa shape index (κ3) is 2.21. The number of hydrogen-bond acceptors (Lipinski definition) is 4. The molecule has 0 amide bonds. The van der Waals surface area contributed by atoms with E-state index in [1.165, 1.54) is 0 Å². The molecule has 3 aliphatic carbocycles. The molecule has 5 nitrogen and oxygen atoms in total. The van der Waals surface area contributed by atoms with Gasteiger partial charge in [-0.05, 0) is 42.7 Å². The molecule has 5 heteroatoms. The summed E-state index contributed by atoms with van der Waals surface area (Å²) < 4.78 is 7.82. The lowest BCUT2D eigenvalue weighted by atomic mass is 9.70. The lowest BCUT2D eigenvalue weighted by Crippen LogP contribution is -2.38. The zero-order valence-electron chi connectivity index (χ0n) is 18.5. The number of fused-ring (bicyclic) bond motifs is 6. The van der Waals surface area contributed by atoms with E-state index >= 15 is 0 Å². The van der Waals surface area contributed by atoms with Crippen molar-refractivity contribution in [2.75, 3.05) is 0 Å². The fourth-order valence-electron chi connectivity index (χ4n) is 6.50. The Morgan fingerprint density at radius 3 is 2.34 bits per heavy atom. The summed E-state index contributed by atoms with van der Waals surface area (Å²) in [5.74, 6) is -0.529. The number of rotatable bonds is 2. The molecular formula is C27H25NO4. The van der Waals surface area contributed by atoms with Crippen molar-refractivity contribution in [1.29, 1.82) is 0 Å². The summed E-state index contributed by atoms with van der Waals surface area (Å²) in [6, 6.07) is 12.2. The SMILES string of the molecule is CC1(C)[C@@H]2CC[C@]1(C)[C@H](OC(=O)c1c3c(n4ccccc14)C(=O)c1ccccc1C3=O)C2. The van der Waals surface area contributed by atoms with E-state index in [9.17, 15) is 14.4 Å². The first-order valence-electron chi connectivity index (χ1n) is 11.3. The zero-order valence-corrected chi connectivity index (χ0v) is 18.5. The van der Waals surface area contributed by atoms with Crippen LogP contribution in [0.4, 0.5) is 0 Å². The molecule has 0 N–H and O–H groups in total. The van der Waals surface area contributed by atoms with Gasteiger partial charge in [0.25, 0.3) is 0 Å². The van der Waals surface area contributed by atoms with Crippen LogP contribution in [-0.4, -0.2) is 28.0 Å². The average Bonchev–Trinajstić information content (AvgIpc) is 3.31. The fraction of sp³-hybridized carbons (Fsp3) is 0.370. The van der Waals surface area contributed by atoms with Gasteiger partial charge in [0.2, 0.25) is 5.78 Å². The maximum atomic E-state index is 13.6. The molecule has 3 aliphatic rings. The normalized spacial score (nSPS) is 27.5. The van der Waals surface area contributed by atoms with Gasteiger partial charge in [0.1, 0.15) is 11.8 Å². The van der Waals surface area contributed by atoms with E-state index in [0.29, 0.717) is 22.6 Å². The van der Waals surface area contributed by atoms with E-state index in [2.05, 4.69) is 20.8 Å². The molecule has 2 saturated carbocycles. The minimum absolute atomic E-state index is 0.0879. The first-order chi connectivity index (χ1) is 15.3. The predicted octanol–water partition coefficient (Wildman–Crippen LogP) is 5.09. The molecule has 2 heterocycles. The molecule has 2 bridgehead atoms. The Balaban J connectivity index is 1.49. The van der Waals surface area contributed by atoms with Crippen LogP contribution in [0.1, 0.15) is 82.4 Å². The van der Waals surface area contributed by atoms with Crippen LogP contribution >= 0.6 is 0 Å². The number of ketones is 2. The number of aromatic nitrogens is 1. The highest BCUT2D eigenvalue weighted by molar-refractivity contribution is 6.31. The number of benzene rings is 1. The molecule has 2 fully saturated rings. The Hall–Kier alpha value is -3.21. The van der Waals surface area contributed by atoms with Crippen LogP contribution < -0.4 is 0 Å². The molecule has 0 aliphatic heterocycles. The molecule has 3 aromatic rings. The number of ether oxygens (including phenoxy) is 1. The lowest BCUT2D eigenvalue weighted by molar-refractivity contribution is -0.0241. The predicted molar refractivity (Wildman–Crippen MR) is 119 cm³/mol. The molecule has 0 unspecified atom stereocenters. The van der Waals surface area contributed by atoms with Gasteiger partial charge in [-0.15, -0.1) is 0 Å². The molecule has 0 radical (unpaired) electrons. The quantitative estimate of drug-likeness (QED) is 0.418. The van der Waals surface area contributed by atoms with Crippen LogP contribution in [-0.2, 0) is 4.74 Å². The summed E-state index contributed by atoms with van der Waals surface area (Å²) in [5.41, 5.74) is 1.87. The topological polar surface area (TPSA) is 64.8 Å². The highest BCUT2D eigenvalue weighted by Gasteiger charge is 2.63. The van der Waals surface area contributed by atoms with Crippen LogP contribution in [0, 0.1) is 16.7 Å². The van der Waals surface area contributed by atoms with Gasteiger partial charge in [-0.25, -0.2) is 4.79 Å². The number of nitrogens with zero attached hydrogens (tertiary/aromatic N) is 1. The van der Waals surface area contributed by atoms with Crippen LogP contribution in [0.25, 0.3) is 5.52 Å². The van der Waals surface area contributed by atoms with E-state index < -0.39 is 5.97 Å². The summed E-state index contributed by atoms with van der Waals surface area (Å²) >= 11 is 0. The first kappa shape index (κ1) is 19.5. The second kappa shape index (κ2) is 6.18. The van der Waals surface area contributed by atoms with Crippen molar-refractivity contribution in [3.8, 4) is 0 Å². The zero-order chi connectivity index (χ0) is 22.4. The largest absolute Gasteiger partial charge is 0.458 e. The maximum absolute atomic E-state index is 13.6. The molecule has 2 aromatic heterocycles. The van der Waals surface area contributed by atoms with Gasteiger partial charge in [-0.3, -0.25) is 9.59 Å². The van der Waals surface area contributed by atoms with Crippen molar-refractivity contribution in [2.24, 2.45) is 16.7 Å². The van der Waals surface area contributed by atoms with Crippen LogP contribution in [0.2, 0.25) is 0 Å². The Morgan fingerprint density at radius 2 is 1.69 bits per heavy atom. The van der Waals surface area contributed by atoms with Crippen molar-refractivity contribution in [1.82, 2.24) is 4.40 Å². The molecule has 0 spiro atoms. The lowest BCUT2D eigenvalue weighted by Gasteiger charge is -2.38. The number of carbonyl (C=O) groups is 3. The van der Waals surface area contributed by atoms with Crippen LogP contribution in [0.15, 0.2) is 48.7 Å². The minimum atomic E-state index is -0.509. The highest BCUT2D eigenvalue weighted by atomic mass is 16.5. The van der Waals surface area contributed by atoms with Crippen molar-refractivity contribution >= 4 is 23.1 Å². The second-order valence-electron chi connectivity index (χ2n) is 10.3. The molecule has 1 aromatic carbocycles. The van der Waals surface area contributed by atoms with Gasteiger partial charge < -0.3 is 9.14 Å². The van der Waals surface area contributed by atoms with E-state index in [4.69, 9.17) is 4.74 Å². The molecule has 0 saturated heterocycles. The van der Waals surface area contributed by atoms with Crippen LogP contribution in [0.5, 0.6) is 0 Å². The molecule has 6 rings (SSSR count). The highest BCUT2D eigenvalue weighted by Crippen LogP contribution is 2.66. The number of esters is 1. The third-order valence-electron chi connectivity index (χ3n) is 8.87. The molecule has 3 atom stereocenters. The number of carbonyl (C=O) groups excluding carboxylic acids is 3. The third-order valence-corrected chi connectivity index (χ3v) is 8.87. The monoisotopic (exact) mass is 427 g/mol. The minimum Gasteiger partial charge on any atom is -0.458 e. The van der Waals surface area contributed by atoms with Gasteiger partial charge in [-0.1, -0.05) is 51.1 Å². The summed E-state index contributed by atoms with van der Waals surface area (Å²) in [4.78, 5) is 40.5. The number of hydrogen-bond donors (Lipinski definition) is 0. The Bertz CT molecular complexity index is 1350. The average molecular weight is 428 g/mol. The Labute approximate surface area is 186 Å². The first-order valence-corrected chi connectivity index (χ1v) is 11.3.